The van der Waals surface area contributed by atoms with Crippen LogP contribution in [0.3, 0.4) is 0 Å². The zero-order chi connectivity index (χ0) is 11.4. The van der Waals surface area contributed by atoms with Gasteiger partial charge < -0.3 is 10.1 Å². The number of thiazole rings is 1. The van der Waals surface area contributed by atoms with E-state index in [-0.39, 0.29) is 11.3 Å². The third-order valence-electron chi connectivity index (χ3n) is 3.04. The van der Waals surface area contributed by atoms with Gasteiger partial charge in [0, 0.05) is 25.1 Å². The fourth-order valence-electron chi connectivity index (χ4n) is 1.75. The van der Waals surface area contributed by atoms with Gasteiger partial charge in [0.05, 0.1) is 5.51 Å². The van der Waals surface area contributed by atoms with Crippen LogP contribution in [0, 0.1) is 5.41 Å². The van der Waals surface area contributed by atoms with Crippen molar-refractivity contribution in [1.82, 2.24) is 10.3 Å². The monoisotopic (exact) mass is 240 g/mol. The smallest absolute Gasteiger partial charge is 0.270 e. The largest absolute Gasteiger partial charge is 0.381 e. The van der Waals surface area contributed by atoms with E-state index in [4.69, 9.17) is 4.74 Å². The summed E-state index contributed by atoms with van der Waals surface area (Å²) in [5.41, 5.74) is 2.36. The van der Waals surface area contributed by atoms with Crippen LogP contribution < -0.4 is 5.32 Å². The number of hydrogen-bond donors (Lipinski definition) is 1. The van der Waals surface area contributed by atoms with Crippen molar-refractivity contribution in [3.63, 3.8) is 0 Å². The molecule has 1 aliphatic rings. The lowest BCUT2D eigenvalue weighted by molar-refractivity contribution is 0.0238. The summed E-state index contributed by atoms with van der Waals surface area (Å²) in [4.78, 5) is 15.7. The Bertz CT molecular complexity index is 345. The minimum absolute atomic E-state index is 0.0750. The Labute approximate surface area is 99.0 Å². The summed E-state index contributed by atoms with van der Waals surface area (Å²) in [5, 5.41) is 4.71. The molecule has 1 saturated heterocycles. The lowest BCUT2D eigenvalue weighted by atomic mass is 9.82. The fourth-order valence-corrected chi connectivity index (χ4v) is 2.28. The molecule has 1 N–H and O–H groups in total. The maximum atomic E-state index is 11.7. The van der Waals surface area contributed by atoms with E-state index in [0.29, 0.717) is 12.2 Å². The van der Waals surface area contributed by atoms with E-state index < -0.39 is 0 Å². The van der Waals surface area contributed by atoms with Crippen molar-refractivity contribution in [3.8, 4) is 0 Å². The molecule has 1 aromatic rings. The molecule has 1 amide bonds. The number of amides is 1. The average Bonchev–Trinajstić information content (AvgIpc) is 2.80. The Kier molecular flexibility index (Phi) is 3.56. The lowest BCUT2D eigenvalue weighted by Crippen LogP contribution is -2.39. The molecule has 0 saturated carbocycles. The highest BCUT2D eigenvalue weighted by atomic mass is 32.1. The fraction of sp³-hybridized carbons (Fsp3) is 0.636. The average molecular weight is 240 g/mol. The van der Waals surface area contributed by atoms with Gasteiger partial charge in [-0.05, 0) is 18.3 Å². The van der Waals surface area contributed by atoms with Crippen molar-refractivity contribution in [3.05, 3.63) is 16.6 Å². The van der Waals surface area contributed by atoms with Crippen LogP contribution in [-0.4, -0.2) is 30.6 Å². The Balaban J connectivity index is 1.84. The van der Waals surface area contributed by atoms with Crippen LogP contribution in [0.25, 0.3) is 0 Å². The van der Waals surface area contributed by atoms with Gasteiger partial charge in [-0.1, -0.05) is 6.92 Å². The van der Waals surface area contributed by atoms with Gasteiger partial charge in [0.25, 0.3) is 5.91 Å². The van der Waals surface area contributed by atoms with Crippen molar-refractivity contribution < 1.29 is 9.53 Å². The van der Waals surface area contributed by atoms with Crippen LogP contribution >= 0.6 is 11.3 Å². The van der Waals surface area contributed by atoms with Crippen molar-refractivity contribution >= 4 is 17.2 Å². The molecule has 2 rings (SSSR count). The number of hydrogen-bond acceptors (Lipinski definition) is 4. The van der Waals surface area contributed by atoms with Crippen molar-refractivity contribution in [2.75, 3.05) is 19.8 Å². The standard InChI is InChI=1S/C11H16N2O2S/c1-11(2-4-15-5-3-11)7-12-10(14)9-6-16-8-13-9/h6,8H,2-5,7H2,1H3,(H,12,14). The van der Waals surface area contributed by atoms with Crippen molar-refractivity contribution in [2.24, 2.45) is 5.41 Å². The van der Waals surface area contributed by atoms with Gasteiger partial charge in [0.1, 0.15) is 5.69 Å². The second kappa shape index (κ2) is 4.93. The van der Waals surface area contributed by atoms with E-state index >= 15 is 0 Å². The van der Waals surface area contributed by atoms with Gasteiger partial charge >= 0.3 is 0 Å². The van der Waals surface area contributed by atoms with E-state index in [1.54, 1.807) is 10.9 Å². The minimum Gasteiger partial charge on any atom is -0.381 e. The second-order valence-electron chi connectivity index (χ2n) is 4.48. The third kappa shape index (κ3) is 2.80. The zero-order valence-electron chi connectivity index (χ0n) is 9.36. The highest BCUT2D eigenvalue weighted by Crippen LogP contribution is 2.28. The summed E-state index contributed by atoms with van der Waals surface area (Å²) in [6.07, 6.45) is 2.01. The normalized spacial score (nSPS) is 19.3. The lowest BCUT2D eigenvalue weighted by Gasteiger charge is -2.33. The van der Waals surface area contributed by atoms with E-state index in [2.05, 4.69) is 17.2 Å². The Morgan fingerprint density at radius 1 is 1.62 bits per heavy atom. The maximum absolute atomic E-state index is 11.7. The number of nitrogens with zero attached hydrogens (tertiary/aromatic N) is 1. The Morgan fingerprint density at radius 2 is 2.38 bits per heavy atom. The predicted octanol–water partition coefficient (Wildman–Crippen LogP) is 1.69. The SMILES string of the molecule is CC1(CNC(=O)c2cscn2)CCOCC1. The summed E-state index contributed by atoms with van der Waals surface area (Å²) < 4.78 is 5.32. The van der Waals surface area contributed by atoms with Crippen LogP contribution in [-0.2, 0) is 4.74 Å². The third-order valence-corrected chi connectivity index (χ3v) is 3.63. The summed E-state index contributed by atoms with van der Waals surface area (Å²) >= 11 is 1.44. The van der Waals surface area contributed by atoms with Gasteiger partial charge in [0.15, 0.2) is 0 Å². The Hall–Kier alpha value is -0.940. The highest BCUT2D eigenvalue weighted by Gasteiger charge is 2.27. The number of ether oxygens (including phenoxy) is 1. The molecule has 1 aliphatic heterocycles. The molecule has 0 unspecified atom stereocenters. The van der Waals surface area contributed by atoms with Crippen molar-refractivity contribution in [1.29, 1.82) is 0 Å². The summed E-state index contributed by atoms with van der Waals surface area (Å²) in [6.45, 7) is 4.48. The van der Waals surface area contributed by atoms with Gasteiger partial charge in [-0.25, -0.2) is 4.98 Å². The van der Waals surface area contributed by atoms with Gasteiger partial charge in [0.2, 0.25) is 0 Å². The molecular formula is C11H16N2O2S. The number of rotatable bonds is 3. The Morgan fingerprint density at radius 3 is 3.00 bits per heavy atom. The van der Waals surface area contributed by atoms with E-state index in [0.717, 1.165) is 26.1 Å². The first-order valence-corrected chi connectivity index (χ1v) is 6.38. The van der Waals surface area contributed by atoms with Gasteiger partial charge in [-0.2, -0.15) is 0 Å². The quantitative estimate of drug-likeness (QED) is 0.874. The van der Waals surface area contributed by atoms with Gasteiger partial charge in [-0.15, -0.1) is 11.3 Å². The van der Waals surface area contributed by atoms with E-state index in [1.165, 1.54) is 11.3 Å². The minimum atomic E-state index is -0.0750. The maximum Gasteiger partial charge on any atom is 0.270 e. The number of carbonyl (C=O) groups excluding carboxylic acids is 1. The molecule has 4 nitrogen and oxygen atoms in total. The van der Waals surface area contributed by atoms with Crippen LogP contribution in [0.1, 0.15) is 30.3 Å². The van der Waals surface area contributed by atoms with E-state index in [1.807, 2.05) is 0 Å². The molecule has 0 aromatic carbocycles. The topological polar surface area (TPSA) is 51.2 Å². The van der Waals surface area contributed by atoms with Crippen molar-refractivity contribution in [2.45, 2.75) is 19.8 Å². The van der Waals surface area contributed by atoms with E-state index in [9.17, 15) is 4.79 Å². The summed E-state index contributed by atoms with van der Waals surface area (Å²) in [6, 6.07) is 0. The molecule has 0 aliphatic carbocycles. The number of nitrogens with one attached hydrogen (secondary N) is 1. The molecule has 0 atom stereocenters. The molecule has 0 bridgehead atoms. The number of carbonyl (C=O) groups is 1. The molecule has 0 spiro atoms. The number of aromatic nitrogens is 1. The molecular weight excluding hydrogens is 224 g/mol. The second-order valence-corrected chi connectivity index (χ2v) is 5.20. The molecule has 1 aromatic heterocycles. The van der Waals surface area contributed by atoms with Crippen LogP contribution in [0.15, 0.2) is 10.9 Å². The first kappa shape index (κ1) is 11.5. The first-order chi connectivity index (χ1) is 7.70. The molecule has 1 fully saturated rings. The summed E-state index contributed by atoms with van der Waals surface area (Å²) in [7, 11) is 0. The highest BCUT2D eigenvalue weighted by molar-refractivity contribution is 7.07. The first-order valence-electron chi connectivity index (χ1n) is 5.44. The van der Waals surface area contributed by atoms with Gasteiger partial charge in [-0.3, -0.25) is 4.79 Å². The molecule has 0 radical (unpaired) electrons. The van der Waals surface area contributed by atoms with Crippen LogP contribution in [0.2, 0.25) is 0 Å². The molecule has 88 valence electrons. The molecule has 2 heterocycles. The molecule has 5 heteroatoms. The predicted molar refractivity (Wildman–Crippen MR) is 62.6 cm³/mol. The van der Waals surface area contributed by atoms with Crippen LogP contribution in [0.4, 0.5) is 0 Å². The summed E-state index contributed by atoms with van der Waals surface area (Å²) in [5.74, 6) is -0.0750. The molecule has 16 heavy (non-hydrogen) atoms. The van der Waals surface area contributed by atoms with Crippen LogP contribution in [0.5, 0.6) is 0 Å². The zero-order valence-corrected chi connectivity index (χ0v) is 10.2.